The minimum atomic E-state index is -2.18. The van der Waals surface area contributed by atoms with E-state index in [-0.39, 0.29) is 18.6 Å². The van der Waals surface area contributed by atoms with Crippen LogP contribution in [0.25, 0.3) is 0 Å². The van der Waals surface area contributed by atoms with Crippen LogP contribution in [-0.4, -0.2) is 27.3 Å². The van der Waals surface area contributed by atoms with Crippen molar-refractivity contribution in [2.24, 2.45) is 0 Å². The third kappa shape index (κ3) is 9.45. The lowest BCUT2D eigenvalue weighted by molar-refractivity contribution is -0.119. The molecular weight excluding hydrogens is 194 g/mol. The molecule has 1 amide bonds. The fourth-order valence-corrected chi connectivity index (χ4v) is 1.20. The quantitative estimate of drug-likeness (QED) is 0.492. The first-order chi connectivity index (χ1) is 6.02. The van der Waals surface area contributed by atoms with E-state index in [9.17, 15) is 9.00 Å². The third-order valence-electron chi connectivity index (χ3n) is 1.42. The van der Waals surface area contributed by atoms with Crippen molar-refractivity contribution < 1.29 is 17.7 Å². The fraction of sp³-hybridized carbons (Fsp3) is 0.857. The van der Waals surface area contributed by atoms with Crippen molar-refractivity contribution in [1.82, 2.24) is 5.32 Å². The van der Waals surface area contributed by atoms with Crippen LogP contribution >= 0.6 is 0 Å². The highest BCUT2D eigenvalue weighted by molar-refractivity contribution is 7.74. The second-order valence-corrected chi connectivity index (χ2v) is 3.45. The average Bonchev–Trinajstić information content (AvgIpc) is 1.96. The van der Waals surface area contributed by atoms with Gasteiger partial charge >= 0.3 is 11.4 Å². The summed E-state index contributed by atoms with van der Waals surface area (Å²) in [6, 6.07) is 0.0771. The summed E-state index contributed by atoms with van der Waals surface area (Å²) in [5.74, 6) is -0.0702. The fourth-order valence-electron chi connectivity index (χ4n) is 0.939. The molecule has 0 rings (SSSR count). The molecule has 0 aromatic carbocycles. The Labute approximate surface area is 80.3 Å². The number of hydrogen-bond acceptors (Lipinski definition) is 3. The van der Waals surface area contributed by atoms with Gasteiger partial charge in [0.2, 0.25) is 5.91 Å². The highest BCUT2D eigenvalue weighted by Gasteiger charge is 2.02. The Bertz CT molecular complexity index is 185. The number of hydrogen-bond donors (Lipinski definition) is 2. The van der Waals surface area contributed by atoms with E-state index in [0.29, 0.717) is 6.42 Å². The molecule has 2 atom stereocenters. The molecule has 2 unspecified atom stereocenters. The Morgan fingerprint density at radius 3 is 2.77 bits per heavy atom. The molecule has 0 aliphatic heterocycles. The van der Waals surface area contributed by atoms with E-state index in [2.05, 4.69) is 9.50 Å². The van der Waals surface area contributed by atoms with Crippen LogP contribution in [0.15, 0.2) is 0 Å². The van der Waals surface area contributed by atoms with Gasteiger partial charge < -0.3 is 5.32 Å². The zero-order chi connectivity index (χ0) is 10.3. The molecule has 0 radical (unpaired) electrons. The summed E-state index contributed by atoms with van der Waals surface area (Å²) in [4.78, 5) is 10.6. The molecule has 0 saturated heterocycles. The Morgan fingerprint density at radius 2 is 2.31 bits per heavy atom. The summed E-state index contributed by atoms with van der Waals surface area (Å²) in [6.07, 6.45) is 1.38. The van der Waals surface area contributed by atoms with Gasteiger partial charge in [0.25, 0.3) is 0 Å². The van der Waals surface area contributed by atoms with Gasteiger partial charge in [0.15, 0.2) is 0 Å². The van der Waals surface area contributed by atoms with Crippen LogP contribution in [-0.2, 0) is 20.3 Å². The molecule has 0 heterocycles. The van der Waals surface area contributed by atoms with E-state index in [0.717, 1.165) is 6.42 Å². The van der Waals surface area contributed by atoms with Gasteiger partial charge in [-0.25, -0.2) is 0 Å². The van der Waals surface area contributed by atoms with Crippen LogP contribution in [0.1, 0.15) is 26.7 Å². The number of amides is 1. The van der Waals surface area contributed by atoms with Gasteiger partial charge in [-0.2, -0.15) is 4.21 Å². The molecule has 0 aliphatic rings. The maximum atomic E-state index is 10.6. The van der Waals surface area contributed by atoms with E-state index >= 15 is 0 Å². The molecule has 0 saturated carbocycles. The SMILES string of the molecule is CC(=O)NC(C)CCCOS(=O)O. The lowest BCUT2D eigenvalue weighted by Gasteiger charge is -2.11. The van der Waals surface area contributed by atoms with Crippen molar-refractivity contribution in [3.63, 3.8) is 0 Å². The smallest absolute Gasteiger partial charge is 0.301 e. The van der Waals surface area contributed by atoms with Gasteiger partial charge in [-0.3, -0.25) is 13.5 Å². The lowest BCUT2D eigenvalue weighted by atomic mass is 10.2. The summed E-state index contributed by atoms with van der Waals surface area (Å²) >= 11 is -2.18. The highest BCUT2D eigenvalue weighted by atomic mass is 32.2. The van der Waals surface area contributed by atoms with Gasteiger partial charge in [-0.15, -0.1) is 0 Å². The second kappa shape index (κ2) is 6.99. The highest BCUT2D eigenvalue weighted by Crippen LogP contribution is 1.97. The van der Waals surface area contributed by atoms with Crippen molar-refractivity contribution in [1.29, 1.82) is 0 Å². The maximum Gasteiger partial charge on any atom is 0.301 e. The predicted molar refractivity (Wildman–Crippen MR) is 49.2 cm³/mol. The second-order valence-electron chi connectivity index (χ2n) is 2.78. The molecule has 2 N–H and O–H groups in total. The molecule has 78 valence electrons. The third-order valence-corrected chi connectivity index (χ3v) is 1.78. The van der Waals surface area contributed by atoms with Crippen LogP contribution in [0, 0.1) is 0 Å². The van der Waals surface area contributed by atoms with Crippen LogP contribution in [0.3, 0.4) is 0 Å². The van der Waals surface area contributed by atoms with Crippen LogP contribution in [0.4, 0.5) is 0 Å². The Balaban J connectivity index is 3.31. The molecule has 0 fully saturated rings. The molecular formula is C7H15NO4S. The van der Waals surface area contributed by atoms with Crippen LogP contribution in [0.2, 0.25) is 0 Å². The number of carbonyl (C=O) groups is 1. The van der Waals surface area contributed by atoms with Crippen molar-refractivity contribution in [2.45, 2.75) is 32.7 Å². The van der Waals surface area contributed by atoms with E-state index in [1.165, 1.54) is 6.92 Å². The standard InChI is InChI=1S/C7H15NO4S/c1-6(8-7(2)9)4-3-5-12-13(10)11/h6H,3-5H2,1-2H3,(H,8,9)(H,10,11). The molecule has 6 heteroatoms. The van der Waals surface area contributed by atoms with Gasteiger partial charge in [-0.1, -0.05) is 0 Å². The first kappa shape index (κ1) is 12.5. The molecule has 0 aromatic heterocycles. The van der Waals surface area contributed by atoms with E-state index in [1.54, 1.807) is 0 Å². The van der Waals surface area contributed by atoms with Gasteiger partial charge in [0.1, 0.15) is 0 Å². The Kier molecular flexibility index (Phi) is 6.75. The molecule has 0 bridgehead atoms. The first-order valence-electron chi connectivity index (χ1n) is 4.03. The number of rotatable bonds is 6. The van der Waals surface area contributed by atoms with Gasteiger partial charge in [-0.05, 0) is 19.8 Å². The van der Waals surface area contributed by atoms with Crippen LogP contribution in [0.5, 0.6) is 0 Å². The average molecular weight is 209 g/mol. The zero-order valence-corrected chi connectivity index (χ0v) is 8.60. The van der Waals surface area contributed by atoms with Crippen molar-refractivity contribution in [3.8, 4) is 0 Å². The van der Waals surface area contributed by atoms with Crippen LogP contribution < -0.4 is 5.32 Å². The summed E-state index contributed by atoms with van der Waals surface area (Å²) < 4.78 is 22.7. The normalized spacial score (nSPS) is 15.0. The molecule has 13 heavy (non-hydrogen) atoms. The Hall–Kier alpha value is -0.460. The minimum Gasteiger partial charge on any atom is -0.354 e. The van der Waals surface area contributed by atoms with E-state index < -0.39 is 11.4 Å². The zero-order valence-electron chi connectivity index (χ0n) is 7.78. The summed E-state index contributed by atoms with van der Waals surface area (Å²) in [7, 11) is 0. The number of nitrogens with one attached hydrogen (secondary N) is 1. The van der Waals surface area contributed by atoms with Gasteiger partial charge in [0.05, 0.1) is 6.61 Å². The summed E-state index contributed by atoms with van der Waals surface area (Å²) in [5.41, 5.74) is 0. The van der Waals surface area contributed by atoms with E-state index in [4.69, 9.17) is 4.55 Å². The van der Waals surface area contributed by atoms with Gasteiger partial charge in [0, 0.05) is 13.0 Å². The predicted octanol–water partition coefficient (Wildman–Crippen LogP) is 0.445. The minimum absolute atomic E-state index is 0.0702. The largest absolute Gasteiger partial charge is 0.354 e. The maximum absolute atomic E-state index is 10.6. The summed E-state index contributed by atoms with van der Waals surface area (Å²) in [5, 5.41) is 2.70. The molecule has 5 nitrogen and oxygen atoms in total. The molecule has 0 aliphatic carbocycles. The van der Waals surface area contributed by atoms with Crippen molar-refractivity contribution in [3.05, 3.63) is 0 Å². The topological polar surface area (TPSA) is 75.6 Å². The number of carbonyl (C=O) groups excluding carboxylic acids is 1. The molecule has 0 aromatic rings. The Morgan fingerprint density at radius 1 is 1.69 bits per heavy atom. The van der Waals surface area contributed by atoms with E-state index in [1.807, 2.05) is 6.92 Å². The first-order valence-corrected chi connectivity index (χ1v) is 5.06. The van der Waals surface area contributed by atoms with Crippen molar-refractivity contribution >= 4 is 17.3 Å². The van der Waals surface area contributed by atoms with Crippen molar-refractivity contribution in [2.75, 3.05) is 6.61 Å². The molecule has 0 spiro atoms. The summed E-state index contributed by atoms with van der Waals surface area (Å²) in [6.45, 7) is 3.56. The lowest BCUT2D eigenvalue weighted by Crippen LogP contribution is -2.30. The monoisotopic (exact) mass is 209 g/mol.